The smallest absolute Gasteiger partial charge is 0.188 e. The monoisotopic (exact) mass is 355 g/mol. The molecule has 1 aliphatic carbocycles. The third kappa shape index (κ3) is 3.96. The highest BCUT2D eigenvalue weighted by Crippen LogP contribution is 2.37. The summed E-state index contributed by atoms with van der Waals surface area (Å²) >= 11 is 0. The van der Waals surface area contributed by atoms with Crippen LogP contribution in [0.3, 0.4) is 0 Å². The lowest BCUT2D eigenvalue weighted by Crippen LogP contribution is -2.39. The number of aliphatic imine (C=N–C) groups is 1. The van der Waals surface area contributed by atoms with Crippen molar-refractivity contribution in [3.8, 4) is 0 Å². The van der Waals surface area contributed by atoms with Crippen LogP contribution < -0.4 is 11.1 Å². The standard InChI is InChI=1S/C11H21N3O2.HI/c1-13-10(12)14-7-9-8-15-11(16-9)5-3-2-4-6-11;/h9H,2-8H2,1H3,(H3,12,13,14);1H. The molecule has 100 valence electrons. The Hall–Kier alpha value is -0.0800. The molecule has 1 aliphatic heterocycles. The molecule has 0 aromatic heterocycles. The number of guanidine groups is 1. The number of rotatable bonds is 2. The molecule has 5 nitrogen and oxygen atoms in total. The van der Waals surface area contributed by atoms with E-state index in [0.717, 1.165) is 12.8 Å². The van der Waals surface area contributed by atoms with Crippen molar-refractivity contribution >= 4 is 29.9 Å². The average Bonchev–Trinajstić information content (AvgIpc) is 2.70. The molecule has 1 spiro atoms. The van der Waals surface area contributed by atoms with Gasteiger partial charge in [-0.15, -0.1) is 24.0 Å². The fourth-order valence-corrected chi connectivity index (χ4v) is 2.37. The third-order valence-corrected chi connectivity index (χ3v) is 3.28. The van der Waals surface area contributed by atoms with E-state index in [1.807, 2.05) is 0 Å². The number of nitrogens with two attached hydrogens (primary N) is 1. The van der Waals surface area contributed by atoms with Crippen LogP contribution in [0, 0.1) is 0 Å². The Bertz CT molecular complexity index is 267. The Morgan fingerprint density at radius 3 is 2.76 bits per heavy atom. The zero-order valence-corrected chi connectivity index (χ0v) is 12.6. The van der Waals surface area contributed by atoms with Crippen LogP contribution >= 0.6 is 24.0 Å². The number of halogens is 1. The maximum absolute atomic E-state index is 5.99. The van der Waals surface area contributed by atoms with Crippen molar-refractivity contribution in [3.05, 3.63) is 0 Å². The molecule has 1 unspecified atom stereocenters. The van der Waals surface area contributed by atoms with Crippen molar-refractivity contribution in [2.45, 2.75) is 44.0 Å². The molecule has 6 heteroatoms. The summed E-state index contributed by atoms with van der Waals surface area (Å²) in [5.41, 5.74) is 5.56. The summed E-state index contributed by atoms with van der Waals surface area (Å²) in [6.07, 6.45) is 5.87. The van der Waals surface area contributed by atoms with E-state index in [2.05, 4.69) is 10.3 Å². The highest BCUT2D eigenvalue weighted by Gasteiger charge is 2.41. The van der Waals surface area contributed by atoms with Gasteiger partial charge in [-0.1, -0.05) is 6.42 Å². The maximum Gasteiger partial charge on any atom is 0.188 e. The average molecular weight is 355 g/mol. The number of nitrogens with zero attached hydrogens (tertiary/aromatic N) is 1. The molecule has 0 bridgehead atoms. The van der Waals surface area contributed by atoms with Gasteiger partial charge in [0.05, 0.1) is 6.61 Å². The maximum atomic E-state index is 5.99. The molecule has 0 radical (unpaired) electrons. The van der Waals surface area contributed by atoms with E-state index in [9.17, 15) is 0 Å². The summed E-state index contributed by atoms with van der Waals surface area (Å²) in [7, 11) is 1.66. The fourth-order valence-electron chi connectivity index (χ4n) is 2.37. The highest BCUT2D eigenvalue weighted by atomic mass is 127. The highest BCUT2D eigenvalue weighted by molar-refractivity contribution is 14.0. The van der Waals surface area contributed by atoms with Gasteiger partial charge in [-0.25, -0.2) is 0 Å². The van der Waals surface area contributed by atoms with E-state index < -0.39 is 0 Å². The van der Waals surface area contributed by atoms with Crippen molar-refractivity contribution in [1.82, 2.24) is 5.32 Å². The topological polar surface area (TPSA) is 68.9 Å². The zero-order chi connectivity index (χ0) is 11.4. The molecule has 0 aromatic rings. The lowest BCUT2D eigenvalue weighted by molar-refractivity contribution is -0.186. The summed E-state index contributed by atoms with van der Waals surface area (Å²) in [5, 5.41) is 3.02. The predicted molar refractivity (Wildman–Crippen MR) is 77.6 cm³/mol. The zero-order valence-electron chi connectivity index (χ0n) is 10.3. The molecule has 2 fully saturated rings. The van der Waals surface area contributed by atoms with Gasteiger partial charge in [-0.3, -0.25) is 4.99 Å². The van der Waals surface area contributed by atoms with Gasteiger partial charge in [0, 0.05) is 26.4 Å². The van der Waals surface area contributed by atoms with Crippen LogP contribution in [0.2, 0.25) is 0 Å². The summed E-state index contributed by atoms with van der Waals surface area (Å²) < 4.78 is 11.8. The van der Waals surface area contributed by atoms with Crippen molar-refractivity contribution < 1.29 is 9.47 Å². The molecule has 0 amide bonds. The minimum atomic E-state index is -0.289. The largest absolute Gasteiger partial charge is 0.370 e. The molecule has 17 heavy (non-hydrogen) atoms. The van der Waals surface area contributed by atoms with Crippen LogP contribution in [0.15, 0.2) is 4.99 Å². The van der Waals surface area contributed by atoms with E-state index in [0.29, 0.717) is 19.1 Å². The molecule has 3 N–H and O–H groups in total. The van der Waals surface area contributed by atoms with E-state index in [4.69, 9.17) is 15.2 Å². The first kappa shape index (κ1) is 15.0. The van der Waals surface area contributed by atoms with Gasteiger partial charge >= 0.3 is 0 Å². The van der Waals surface area contributed by atoms with Crippen molar-refractivity contribution in [1.29, 1.82) is 0 Å². The van der Waals surface area contributed by atoms with E-state index in [1.165, 1.54) is 19.3 Å². The molecule has 2 rings (SSSR count). The van der Waals surface area contributed by atoms with Crippen LogP contribution in [0.5, 0.6) is 0 Å². The van der Waals surface area contributed by atoms with Crippen LogP contribution in [0.4, 0.5) is 0 Å². The molecule has 1 atom stereocenters. The number of hydrogen-bond donors (Lipinski definition) is 2. The van der Waals surface area contributed by atoms with Crippen molar-refractivity contribution in [2.75, 3.05) is 20.2 Å². The second kappa shape index (κ2) is 6.75. The normalized spacial score (nSPS) is 27.8. The van der Waals surface area contributed by atoms with Gasteiger partial charge in [0.25, 0.3) is 0 Å². The van der Waals surface area contributed by atoms with Gasteiger partial charge in [-0.05, 0) is 12.8 Å². The molecular formula is C11H22IN3O2. The van der Waals surface area contributed by atoms with Gasteiger partial charge in [0.2, 0.25) is 0 Å². The predicted octanol–water partition coefficient (Wildman–Crippen LogP) is 1.21. The molecule has 0 aromatic carbocycles. The Balaban J connectivity index is 0.00000144. The third-order valence-electron chi connectivity index (χ3n) is 3.28. The Kier molecular flexibility index (Phi) is 5.94. The fraction of sp³-hybridized carbons (Fsp3) is 0.909. The van der Waals surface area contributed by atoms with Crippen LogP contribution in [0.1, 0.15) is 32.1 Å². The Morgan fingerprint density at radius 1 is 1.41 bits per heavy atom. The Morgan fingerprint density at radius 2 is 2.12 bits per heavy atom. The van der Waals surface area contributed by atoms with Gasteiger partial charge in [0.1, 0.15) is 6.10 Å². The molecule has 1 heterocycles. The van der Waals surface area contributed by atoms with Crippen molar-refractivity contribution in [2.24, 2.45) is 10.7 Å². The molecule has 1 saturated carbocycles. The lowest BCUT2D eigenvalue weighted by Gasteiger charge is -2.31. The second-order valence-corrected chi connectivity index (χ2v) is 4.51. The number of nitrogens with one attached hydrogen (secondary N) is 1. The van der Waals surface area contributed by atoms with Crippen LogP contribution in [-0.2, 0) is 9.47 Å². The van der Waals surface area contributed by atoms with E-state index >= 15 is 0 Å². The first-order chi connectivity index (χ1) is 7.74. The van der Waals surface area contributed by atoms with Gasteiger partial charge in [0.15, 0.2) is 11.7 Å². The summed E-state index contributed by atoms with van der Waals surface area (Å²) in [6.45, 7) is 1.33. The minimum Gasteiger partial charge on any atom is -0.370 e. The van der Waals surface area contributed by atoms with Crippen molar-refractivity contribution in [3.63, 3.8) is 0 Å². The Labute approximate surface area is 120 Å². The first-order valence-corrected chi connectivity index (χ1v) is 6.02. The lowest BCUT2D eigenvalue weighted by atomic mass is 9.94. The molecule has 2 aliphatic rings. The van der Waals surface area contributed by atoms with Gasteiger partial charge in [-0.2, -0.15) is 0 Å². The molecular weight excluding hydrogens is 333 g/mol. The summed E-state index contributed by atoms with van der Waals surface area (Å²) in [6, 6.07) is 0. The summed E-state index contributed by atoms with van der Waals surface area (Å²) in [4.78, 5) is 3.84. The van der Waals surface area contributed by atoms with E-state index in [-0.39, 0.29) is 35.9 Å². The summed E-state index contributed by atoms with van der Waals surface area (Å²) in [5.74, 6) is 0.163. The van der Waals surface area contributed by atoms with Crippen LogP contribution in [-0.4, -0.2) is 38.0 Å². The quantitative estimate of drug-likeness (QED) is 0.444. The van der Waals surface area contributed by atoms with E-state index in [1.54, 1.807) is 7.05 Å². The first-order valence-electron chi connectivity index (χ1n) is 6.02. The molecule has 1 saturated heterocycles. The SMILES string of the molecule is CN=C(N)NCC1COC2(CCCCC2)O1.I. The van der Waals surface area contributed by atoms with Gasteiger partial charge < -0.3 is 20.5 Å². The number of hydrogen-bond acceptors (Lipinski definition) is 3. The second-order valence-electron chi connectivity index (χ2n) is 4.51. The van der Waals surface area contributed by atoms with Crippen LogP contribution in [0.25, 0.3) is 0 Å². The number of ether oxygens (including phenoxy) is 2. The minimum absolute atomic E-state index is 0.